The highest BCUT2D eigenvalue weighted by Gasteiger charge is 2.32. The van der Waals surface area contributed by atoms with E-state index in [-0.39, 0.29) is 5.41 Å². The zero-order chi connectivity index (χ0) is 14.2. The quantitative estimate of drug-likeness (QED) is 0.929. The number of carbonyl (C=O) groups is 1. The van der Waals surface area contributed by atoms with Gasteiger partial charge in [-0.05, 0) is 24.3 Å². The first kappa shape index (κ1) is 13.2. The van der Waals surface area contributed by atoms with E-state index in [9.17, 15) is 4.79 Å². The number of fused-ring (bicyclic) bond motifs is 1. The minimum Gasteiger partial charge on any atom is -0.351 e. The van der Waals surface area contributed by atoms with Crippen LogP contribution in [0.2, 0.25) is 0 Å². The molecular weight excluding hydrogens is 250 g/mol. The summed E-state index contributed by atoms with van der Waals surface area (Å²) in [7, 11) is 0. The van der Waals surface area contributed by atoms with Gasteiger partial charge in [-0.25, -0.2) is 4.98 Å². The summed E-state index contributed by atoms with van der Waals surface area (Å²) >= 11 is 0. The summed E-state index contributed by atoms with van der Waals surface area (Å²) in [4.78, 5) is 19.5. The molecule has 0 unspecified atom stereocenters. The number of aromatic amines is 1. The van der Waals surface area contributed by atoms with Crippen LogP contribution in [-0.2, 0) is 19.4 Å². The van der Waals surface area contributed by atoms with Gasteiger partial charge in [0, 0.05) is 49.2 Å². The molecule has 1 aliphatic carbocycles. The predicted octanol–water partition coefficient (Wildman–Crippen LogP) is 3.00. The minimum absolute atomic E-state index is 0.0845. The maximum atomic E-state index is 12.1. The number of rotatable bonds is 4. The number of nitrogens with zero attached hydrogens (tertiary/aromatic N) is 2. The Morgan fingerprint density at radius 3 is 3.00 bits per heavy atom. The van der Waals surface area contributed by atoms with Crippen LogP contribution in [0.3, 0.4) is 0 Å². The molecule has 3 rings (SSSR count). The van der Waals surface area contributed by atoms with Crippen LogP contribution >= 0.6 is 0 Å². The van der Waals surface area contributed by atoms with Crippen LogP contribution in [0.1, 0.15) is 48.6 Å². The van der Waals surface area contributed by atoms with Crippen molar-refractivity contribution in [2.24, 2.45) is 5.41 Å². The first-order valence-electron chi connectivity index (χ1n) is 7.25. The van der Waals surface area contributed by atoms with Gasteiger partial charge >= 0.3 is 0 Å². The minimum atomic E-state index is 0.0845. The standard InChI is InChI=1S/C16H21N3O/c1-16(2)10-13-12(14(20)11-16)5-9-19(13)8-3-4-15-17-6-7-18-15/h5-7,9H,3-4,8,10-11H2,1-2H3,(H,17,18). The van der Waals surface area contributed by atoms with E-state index in [0.717, 1.165) is 37.2 Å². The van der Waals surface area contributed by atoms with Gasteiger partial charge < -0.3 is 9.55 Å². The third kappa shape index (κ3) is 2.55. The van der Waals surface area contributed by atoms with Gasteiger partial charge in [0.1, 0.15) is 5.82 Å². The second-order valence-electron chi connectivity index (χ2n) is 6.45. The highest BCUT2D eigenvalue weighted by molar-refractivity contribution is 5.98. The smallest absolute Gasteiger partial charge is 0.165 e. The molecule has 0 spiro atoms. The second-order valence-corrected chi connectivity index (χ2v) is 6.45. The van der Waals surface area contributed by atoms with E-state index in [1.165, 1.54) is 5.69 Å². The van der Waals surface area contributed by atoms with E-state index in [0.29, 0.717) is 12.2 Å². The molecule has 4 heteroatoms. The molecule has 2 heterocycles. The number of hydrogen-bond donors (Lipinski definition) is 1. The van der Waals surface area contributed by atoms with E-state index in [2.05, 4.69) is 34.6 Å². The van der Waals surface area contributed by atoms with Crippen molar-refractivity contribution >= 4 is 5.78 Å². The first-order chi connectivity index (χ1) is 9.55. The SMILES string of the molecule is CC1(C)CC(=O)c2ccn(CCCc3ncc[nH]3)c2C1. The van der Waals surface area contributed by atoms with Crippen LogP contribution in [0.5, 0.6) is 0 Å². The third-order valence-electron chi connectivity index (χ3n) is 4.03. The lowest BCUT2D eigenvalue weighted by Crippen LogP contribution is -2.28. The normalized spacial score (nSPS) is 17.2. The van der Waals surface area contributed by atoms with Gasteiger partial charge in [0.25, 0.3) is 0 Å². The lowest BCUT2D eigenvalue weighted by molar-refractivity contribution is 0.0910. The van der Waals surface area contributed by atoms with Crippen LogP contribution in [0, 0.1) is 5.41 Å². The Morgan fingerprint density at radius 2 is 2.25 bits per heavy atom. The molecule has 0 atom stereocenters. The average molecular weight is 271 g/mol. The van der Waals surface area contributed by atoms with Crippen molar-refractivity contribution in [3.8, 4) is 0 Å². The molecule has 20 heavy (non-hydrogen) atoms. The molecule has 1 N–H and O–H groups in total. The molecule has 2 aromatic rings. The monoisotopic (exact) mass is 271 g/mol. The van der Waals surface area contributed by atoms with E-state index < -0.39 is 0 Å². The van der Waals surface area contributed by atoms with Gasteiger partial charge in [-0.1, -0.05) is 13.8 Å². The maximum absolute atomic E-state index is 12.1. The van der Waals surface area contributed by atoms with E-state index in [4.69, 9.17) is 0 Å². The van der Waals surface area contributed by atoms with E-state index in [1.54, 1.807) is 6.20 Å². The topological polar surface area (TPSA) is 50.7 Å². The number of nitrogens with one attached hydrogen (secondary N) is 1. The molecule has 0 radical (unpaired) electrons. The van der Waals surface area contributed by atoms with E-state index in [1.807, 2.05) is 12.3 Å². The molecule has 0 fully saturated rings. The zero-order valence-corrected chi connectivity index (χ0v) is 12.1. The summed E-state index contributed by atoms with van der Waals surface area (Å²) in [5.74, 6) is 1.32. The van der Waals surface area contributed by atoms with Gasteiger partial charge in [-0.15, -0.1) is 0 Å². The Balaban J connectivity index is 1.71. The van der Waals surface area contributed by atoms with Crippen LogP contribution in [0.15, 0.2) is 24.7 Å². The first-order valence-corrected chi connectivity index (χ1v) is 7.25. The van der Waals surface area contributed by atoms with Gasteiger partial charge in [0.2, 0.25) is 0 Å². The predicted molar refractivity (Wildman–Crippen MR) is 77.8 cm³/mol. The third-order valence-corrected chi connectivity index (χ3v) is 4.03. The number of Topliss-reactive ketones (excluding diaryl/α,β-unsaturated/α-hetero) is 1. The number of hydrogen-bond acceptors (Lipinski definition) is 2. The molecule has 2 aromatic heterocycles. The molecular formula is C16H21N3O. The maximum Gasteiger partial charge on any atom is 0.165 e. The fraction of sp³-hybridized carbons (Fsp3) is 0.500. The summed E-state index contributed by atoms with van der Waals surface area (Å²) in [6, 6.07) is 1.99. The number of aryl methyl sites for hydroxylation is 2. The van der Waals surface area contributed by atoms with Crippen molar-refractivity contribution in [2.45, 2.75) is 46.1 Å². The molecule has 4 nitrogen and oxygen atoms in total. The van der Waals surface area contributed by atoms with Crippen molar-refractivity contribution in [1.29, 1.82) is 0 Å². The molecule has 106 valence electrons. The van der Waals surface area contributed by atoms with Crippen LogP contribution in [0.25, 0.3) is 0 Å². The average Bonchev–Trinajstić information content (AvgIpc) is 2.98. The van der Waals surface area contributed by atoms with Gasteiger partial charge in [-0.2, -0.15) is 0 Å². The summed E-state index contributed by atoms with van der Waals surface area (Å²) in [6.45, 7) is 5.29. The van der Waals surface area contributed by atoms with Crippen molar-refractivity contribution in [2.75, 3.05) is 0 Å². The van der Waals surface area contributed by atoms with Crippen molar-refractivity contribution < 1.29 is 4.79 Å². The molecule has 0 aliphatic heterocycles. The molecule has 0 saturated heterocycles. The highest BCUT2D eigenvalue weighted by atomic mass is 16.1. The van der Waals surface area contributed by atoms with Crippen LogP contribution < -0.4 is 0 Å². The molecule has 0 bridgehead atoms. The molecule has 0 aromatic carbocycles. The van der Waals surface area contributed by atoms with Crippen molar-refractivity contribution in [3.63, 3.8) is 0 Å². The second kappa shape index (κ2) is 4.93. The molecule has 0 amide bonds. The van der Waals surface area contributed by atoms with Crippen molar-refractivity contribution in [1.82, 2.24) is 14.5 Å². The van der Waals surface area contributed by atoms with Gasteiger partial charge in [0.15, 0.2) is 5.78 Å². The Kier molecular flexibility index (Phi) is 3.24. The number of imidazole rings is 1. The molecule has 1 aliphatic rings. The fourth-order valence-electron chi connectivity index (χ4n) is 3.06. The fourth-order valence-corrected chi connectivity index (χ4v) is 3.06. The Labute approximate surface area is 119 Å². The number of H-pyrrole nitrogens is 1. The Hall–Kier alpha value is -1.84. The summed E-state index contributed by atoms with van der Waals surface area (Å²) in [6.07, 6.45) is 9.33. The summed E-state index contributed by atoms with van der Waals surface area (Å²) in [5, 5.41) is 0. The van der Waals surface area contributed by atoms with Gasteiger partial charge in [-0.3, -0.25) is 4.79 Å². The molecule has 0 saturated carbocycles. The highest BCUT2D eigenvalue weighted by Crippen LogP contribution is 2.35. The summed E-state index contributed by atoms with van der Waals surface area (Å²) in [5.41, 5.74) is 2.23. The lowest BCUT2D eigenvalue weighted by atomic mass is 9.76. The number of ketones is 1. The number of carbonyl (C=O) groups excluding carboxylic acids is 1. The van der Waals surface area contributed by atoms with Crippen molar-refractivity contribution in [3.05, 3.63) is 41.7 Å². The summed E-state index contributed by atoms with van der Waals surface area (Å²) < 4.78 is 2.25. The van der Waals surface area contributed by atoms with Gasteiger partial charge in [0.05, 0.1) is 0 Å². The Bertz CT molecular complexity index is 608. The zero-order valence-electron chi connectivity index (χ0n) is 12.1. The largest absolute Gasteiger partial charge is 0.351 e. The van der Waals surface area contributed by atoms with Crippen LogP contribution in [-0.4, -0.2) is 20.3 Å². The number of aromatic nitrogens is 3. The van der Waals surface area contributed by atoms with E-state index >= 15 is 0 Å². The lowest BCUT2D eigenvalue weighted by Gasteiger charge is -2.29. The van der Waals surface area contributed by atoms with Crippen LogP contribution in [0.4, 0.5) is 0 Å². The Morgan fingerprint density at radius 1 is 1.40 bits per heavy atom.